The molecule has 0 spiro atoms. The summed E-state index contributed by atoms with van der Waals surface area (Å²) in [7, 11) is 1.62. The summed E-state index contributed by atoms with van der Waals surface area (Å²) in [6.07, 6.45) is 0.654. The predicted molar refractivity (Wildman–Crippen MR) is 115 cm³/mol. The fourth-order valence-corrected chi connectivity index (χ4v) is 2.93. The Morgan fingerprint density at radius 1 is 0.900 bits per heavy atom. The molecule has 3 aromatic carbocycles. The molecular formula is C24H21N3O3. The predicted octanol–water partition coefficient (Wildman–Crippen LogP) is 3.79. The van der Waals surface area contributed by atoms with Crippen LogP contribution in [0.5, 0.6) is 5.75 Å². The van der Waals surface area contributed by atoms with Crippen molar-refractivity contribution in [3.05, 3.63) is 95.1 Å². The molecule has 2 amide bonds. The first-order chi connectivity index (χ1) is 14.6. The Hall–Kier alpha value is -4.11. The van der Waals surface area contributed by atoms with Gasteiger partial charge in [-0.1, -0.05) is 18.2 Å². The quantitative estimate of drug-likeness (QED) is 0.632. The minimum absolute atomic E-state index is 0.205. The summed E-state index contributed by atoms with van der Waals surface area (Å²) in [5.74, 6) is 0.302. The summed E-state index contributed by atoms with van der Waals surface area (Å²) >= 11 is 0. The topological polar surface area (TPSA) is 91.2 Å². The third-order valence-corrected chi connectivity index (χ3v) is 4.55. The lowest BCUT2D eigenvalue weighted by atomic mass is 10.1. The molecule has 150 valence electrons. The van der Waals surface area contributed by atoms with E-state index in [-0.39, 0.29) is 11.8 Å². The molecule has 6 nitrogen and oxygen atoms in total. The second-order valence-corrected chi connectivity index (χ2v) is 6.54. The molecular weight excluding hydrogens is 378 g/mol. The van der Waals surface area contributed by atoms with E-state index in [4.69, 9.17) is 10.00 Å². The number of methoxy groups -OCH3 is 1. The first-order valence-electron chi connectivity index (χ1n) is 9.42. The Balaban J connectivity index is 1.54. The third kappa shape index (κ3) is 5.24. The van der Waals surface area contributed by atoms with Gasteiger partial charge in [0.25, 0.3) is 11.8 Å². The molecule has 3 rings (SSSR count). The van der Waals surface area contributed by atoms with Gasteiger partial charge in [0.1, 0.15) is 5.75 Å². The summed E-state index contributed by atoms with van der Waals surface area (Å²) in [4.78, 5) is 24.7. The second-order valence-electron chi connectivity index (χ2n) is 6.54. The second kappa shape index (κ2) is 9.89. The maximum absolute atomic E-state index is 12.4. The van der Waals surface area contributed by atoms with Crippen molar-refractivity contribution >= 4 is 17.5 Å². The number of ether oxygens (including phenoxy) is 1. The average molecular weight is 399 g/mol. The highest BCUT2D eigenvalue weighted by Crippen LogP contribution is 2.17. The van der Waals surface area contributed by atoms with Gasteiger partial charge < -0.3 is 15.4 Å². The number of rotatable bonds is 7. The summed E-state index contributed by atoms with van der Waals surface area (Å²) in [6, 6.07) is 22.8. The Morgan fingerprint density at radius 2 is 1.53 bits per heavy atom. The fourth-order valence-electron chi connectivity index (χ4n) is 2.93. The normalized spacial score (nSPS) is 10.0. The van der Waals surface area contributed by atoms with Crippen molar-refractivity contribution in [1.82, 2.24) is 5.32 Å². The molecule has 0 aliphatic rings. The number of anilines is 1. The zero-order valence-corrected chi connectivity index (χ0v) is 16.5. The molecule has 0 atom stereocenters. The van der Waals surface area contributed by atoms with Gasteiger partial charge >= 0.3 is 0 Å². The van der Waals surface area contributed by atoms with Crippen LogP contribution in [0.1, 0.15) is 31.8 Å². The van der Waals surface area contributed by atoms with Gasteiger partial charge in [-0.25, -0.2) is 0 Å². The molecule has 0 aliphatic carbocycles. The van der Waals surface area contributed by atoms with Crippen LogP contribution in [0.2, 0.25) is 0 Å². The van der Waals surface area contributed by atoms with Crippen LogP contribution in [0, 0.1) is 11.3 Å². The molecule has 30 heavy (non-hydrogen) atoms. The molecule has 0 saturated carbocycles. The number of hydrogen-bond acceptors (Lipinski definition) is 4. The van der Waals surface area contributed by atoms with Gasteiger partial charge in [-0.15, -0.1) is 0 Å². The lowest BCUT2D eigenvalue weighted by Gasteiger charge is -2.09. The highest BCUT2D eigenvalue weighted by Gasteiger charge is 2.10. The molecule has 0 unspecified atom stereocenters. The van der Waals surface area contributed by atoms with Gasteiger partial charge in [-0.05, 0) is 66.6 Å². The Labute approximate surface area is 175 Å². The van der Waals surface area contributed by atoms with Crippen LogP contribution >= 0.6 is 0 Å². The summed E-state index contributed by atoms with van der Waals surface area (Å²) in [6.45, 7) is 0.472. The van der Waals surface area contributed by atoms with Crippen LogP contribution in [0.15, 0.2) is 72.8 Å². The van der Waals surface area contributed by atoms with E-state index in [0.29, 0.717) is 35.3 Å². The summed E-state index contributed by atoms with van der Waals surface area (Å²) in [5.41, 5.74) is 3.05. The molecule has 6 heteroatoms. The minimum Gasteiger partial charge on any atom is -0.496 e. The van der Waals surface area contributed by atoms with E-state index in [2.05, 4.69) is 10.6 Å². The van der Waals surface area contributed by atoms with Crippen molar-refractivity contribution in [2.75, 3.05) is 19.0 Å². The molecule has 0 saturated heterocycles. The number of hydrogen-bond donors (Lipinski definition) is 2. The van der Waals surface area contributed by atoms with Crippen molar-refractivity contribution in [3.63, 3.8) is 0 Å². The van der Waals surface area contributed by atoms with Gasteiger partial charge in [0.05, 0.1) is 18.7 Å². The highest BCUT2D eigenvalue weighted by molar-refractivity contribution is 6.05. The van der Waals surface area contributed by atoms with Crippen molar-refractivity contribution in [2.24, 2.45) is 0 Å². The number of nitrogens with one attached hydrogen (secondary N) is 2. The number of benzene rings is 3. The van der Waals surface area contributed by atoms with Crippen LogP contribution in [-0.2, 0) is 6.42 Å². The van der Waals surface area contributed by atoms with E-state index in [0.717, 1.165) is 11.3 Å². The SMILES string of the molecule is COc1ccccc1CCNC(=O)c1ccc(C(=O)Nc2ccc(C#N)cc2)cc1. The van der Waals surface area contributed by atoms with Crippen LogP contribution in [0.25, 0.3) is 0 Å². The number of amides is 2. The van der Waals surface area contributed by atoms with E-state index >= 15 is 0 Å². The first kappa shape index (κ1) is 20.6. The van der Waals surface area contributed by atoms with Crippen molar-refractivity contribution in [3.8, 4) is 11.8 Å². The number of carbonyl (C=O) groups excluding carboxylic acids is 2. The van der Waals surface area contributed by atoms with E-state index in [9.17, 15) is 9.59 Å². The maximum Gasteiger partial charge on any atom is 0.255 e. The molecule has 0 aromatic heterocycles. The van der Waals surface area contributed by atoms with Crippen LogP contribution in [0.4, 0.5) is 5.69 Å². The zero-order valence-electron chi connectivity index (χ0n) is 16.5. The minimum atomic E-state index is -0.289. The maximum atomic E-state index is 12.4. The lowest BCUT2D eigenvalue weighted by molar-refractivity contribution is 0.0952. The number of nitrogens with zero attached hydrogens (tertiary/aromatic N) is 1. The number of carbonyl (C=O) groups is 2. The summed E-state index contributed by atoms with van der Waals surface area (Å²) < 4.78 is 5.31. The Bertz CT molecular complexity index is 1070. The smallest absolute Gasteiger partial charge is 0.255 e. The van der Waals surface area contributed by atoms with E-state index in [1.807, 2.05) is 30.3 Å². The Kier molecular flexibility index (Phi) is 6.80. The van der Waals surface area contributed by atoms with Crippen molar-refractivity contribution < 1.29 is 14.3 Å². The monoisotopic (exact) mass is 399 g/mol. The standard InChI is InChI=1S/C24H21N3O3/c1-30-22-5-3-2-4-18(22)14-15-26-23(28)19-8-10-20(11-9-19)24(29)27-21-12-6-17(16-25)7-13-21/h2-13H,14-15H2,1H3,(H,26,28)(H,27,29). The third-order valence-electron chi connectivity index (χ3n) is 4.55. The number of para-hydroxylation sites is 1. The molecule has 0 radical (unpaired) electrons. The molecule has 0 fully saturated rings. The van der Waals surface area contributed by atoms with Crippen molar-refractivity contribution in [1.29, 1.82) is 5.26 Å². The molecule has 0 heterocycles. The van der Waals surface area contributed by atoms with Gasteiger partial charge in [-0.2, -0.15) is 5.26 Å². The number of nitriles is 1. The average Bonchev–Trinajstić information content (AvgIpc) is 2.80. The Morgan fingerprint density at radius 3 is 2.17 bits per heavy atom. The fraction of sp³-hybridized carbons (Fsp3) is 0.125. The largest absolute Gasteiger partial charge is 0.496 e. The molecule has 0 aliphatic heterocycles. The molecule has 3 aromatic rings. The lowest BCUT2D eigenvalue weighted by Crippen LogP contribution is -2.25. The van der Waals surface area contributed by atoms with Gasteiger partial charge in [0.15, 0.2) is 0 Å². The van der Waals surface area contributed by atoms with Crippen LogP contribution in [0.3, 0.4) is 0 Å². The first-order valence-corrected chi connectivity index (χ1v) is 9.42. The van der Waals surface area contributed by atoms with Crippen LogP contribution in [-0.4, -0.2) is 25.5 Å². The van der Waals surface area contributed by atoms with Crippen LogP contribution < -0.4 is 15.4 Å². The zero-order chi connectivity index (χ0) is 21.3. The van der Waals surface area contributed by atoms with Gasteiger partial charge in [0, 0.05) is 23.4 Å². The highest BCUT2D eigenvalue weighted by atomic mass is 16.5. The van der Waals surface area contributed by atoms with Gasteiger partial charge in [-0.3, -0.25) is 9.59 Å². The summed E-state index contributed by atoms with van der Waals surface area (Å²) in [5, 5.41) is 14.5. The van der Waals surface area contributed by atoms with E-state index < -0.39 is 0 Å². The van der Waals surface area contributed by atoms with E-state index in [1.165, 1.54) is 0 Å². The van der Waals surface area contributed by atoms with Gasteiger partial charge in [0.2, 0.25) is 0 Å². The van der Waals surface area contributed by atoms with E-state index in [1.54, 1.807) is 55.6 Å². The molecule has 0 bridgehead atoms. The van der Waals surface area contributed by atoms with Crippen molar-refractivity contribution in [2.45, 2.75) is 6.42 Å². The molecule has 2 N–H and O–H groups in total.